The molecule has 1 N–H and O–H groups in total. The van der Waals surface area contributed by atoms with Crippen LogP contribution in [0.1, 0.15) is 133 Å². The zero-order chi connectivity index (χ0) is 30.8. The Bertz CT molecular complexity index is 1150. The molecule has 3 fully saturated rings. The topological polar surface area (TPSA) is 74.7 Å². The van der Waals surface area contributed by atoms with Crippen molar-refractivity contribution in [2.45, 2.75) is 118 Å². The molecule has 1 aromatic rings. The third-order valence-corrected chi connectivity index (χ3v) is 11.6. The Hall–Kier alpha value is -2.27. The molecule has 0 radical (unpaired) electrons. The summed E-state index contributed by atoms with van der Waals surface area (Å²) >= 11 is 0. The van der Waals surface area contributed by atoms with Gasteiger partial charge in [-0.25, -0.2) is 0 Å². The number of amides is 2. The van der Waals surface area contributed by atoms with E-state index >= 15 is 0 Å². The van der Waals surface area contributed by atoms with Crippen molar-refractivity contribution in [1.82, 2.24) is 4.90 Å². The lowest BCUT2D eigenvalue weighted by atomic mass is 9.47. The van der Waals surface area contributed by atoms with Gasteiger partial charge in [-0.2, -0.15) is 0 Å². The molecule has 0 saturated heterocycles. The first-order valence-corrected chi connectivity index (χ1v) is 16.8. The summed E-state index contributed by atoms with van der Waals surface area (Å²) in [6.07, 6.45) is 14.8. The normalized spacial score (nSPS) is 34.8. The Morgan fingerprint density at radius 3 is 2.19 bits per heavy atom. The molecule has 1 aromatic carbocycles. The van der Waals surface area contributed by atoms with Crippen LogP contribution in [0.3, 0.4) is 0 Å². The van der Waals surface area contributed by atoms with Gasteiger partial charge < -0.3 is 5.11 Å². The molecule has 6 rings (SSSR count). The van der Waals surface area contributed by atoms with Gasteiger partial charge in [0.25, 0.3) is 11.8 Å². The van der Waals surface area contributed by atoms with E-state index in [-0.39, 0.29) is 28.7 Å². The molecule has 3 saturated carbocycles. The highest BCUT2D eigenvalue weighted by Crippen LogP contribution is 2.66. The van der Waals surface area contributed by atoms with E-state index in [0.29, 0.717) is 34.7 Å². The first kappa shape index (κ1) is 32.6. The number of allylic oxidation sites excluding steroid dienone is 1. The van der Waals surface area contributed by atoms with Crippen LogP contribution in [0.4, 0.5) is 0 Å². The minimum absolute atomic E-state index is 0.131. The summed E-state index contributed by atoms with van der Waals surface area (Å²) in [4.78, 5) is 36.9. The SMILES string of the molecule is CC.CC(C)CCCCC1C(=O)CC2C3CC=C4CC(O)CCC4(C)C3CCC12C.CN1C(=O)c2ccccc2C1=O. The molecule has 5 heteroatoms. The van der Waals surface area contributed by atoms with Crippen LogP contribution < -0.4 is 0 Å². The Morgan fingerprint density at radius 1 is 0.929 bits per heavy atom. The highest BCUT2D eigenvalue weighted by molar-refractivity contribution is 6.21. The summed E-state index contributed by atoms with van der Waals surface area (Å²) in [5.41, 5.74) is 3.06. The van der Waals surface area contributed by atoms with Crippen molar-refractivity contribution in [2.75, 3.05) is 7.05 Å². The standard InChI is InChI=1S/C26H42O2.C9H7NO2.C2H6/c1-17(2)7-5-6-8-22-24(28)16-23-20-10-9-18-15-19(27)11-13-25(18,3)21(20)12-14-26(22,23)4;1-10-8(11)6-4-2-3-5-7(6)9(10)12;1-2/h9,17,19-23,27H,5-8,10-16H2,1-4H3;2-5H,1H3;1-2H3. The van der Waals surface area contributed by atoms with Crippen LogP contribution in [0.2, 0.25) is 0 Å². The molecular weight excluding hydrogens is 522 g/mol. The summed E-state index contributed by atoms with van der Waals surface area (Å²) in [6.45, 7) is 13.5. The second-order valence-corrected chi connectivity index (χ2v) is 14.3. The number of benzene rings is 1. The number of ketones is 1. The number of imide groups is 1. The molecule has 7 unspecified atom stereocenters. The maximum Gasteiger partial charge on any atom is 0.261 e. The van der Waals surface area contributed by atoms with Gasteiger partial charge >= 0.3 is 0 Å². The summed E-state index contributed by atoms with van der Waals surface area (Å²) in [7, 11) is 1.49. The minimum Gasteiger partial charge on any atom is -0.393 e. The molecule has 42 heavy (non-hydrogen) atoms. The Balaban J connectivity index is 0.000000241. The van der Waals surface area contributed by atoms with E-state index in [1.54, 1.807) is 24.3 Å². The van der Waals surface area contributed by atoms with Gasteiger partial charge in [-0.15, -0.1) is 0 Å². The van der Waals surface area contributed by atoms with Crippen molar-refractivity contribution in [3.63, 3.8) is 0 Å². The van der Waals surface area contributed by atoms with Crippen LogP contribution in [0.5, 0.6) is 0 Å². The van der Waals surface area contributed by atoms with Gasteiger partial charge in [0.15, 0.2) is 0 Å². The molecule has 5 nitrogen and oxygen atoms in total. The number of hydrogen-bond donors (Lipinski definition) is 1. The average molecular weight is 578 g/mol. The highest BCUT2D eigenvalue weighted by Gasteiger charge is 2.60. The Labute approximate surface area is 254 Å². The van der Waals surface area contributed by atoms with E-state index in [4.69, 9.17) is 0 Å². The van der Waals surface area contributed by atoms with E-state index < -0.39 is 0 Å². The van der Waals surface area contributed by atoms with E-state index in [1.165, 1.54) is 44.7 Å². The molecule has 0 aromatic heterocycles. The third-order valence-electron chi connectivity index (χ3n) is 11.6. The number of aliphatic hydroxyl groups excluding tert-OH is 1. The molecule has 7 atom stereocenters. The molecule has 0 bridgehead atoms. The zero-order valence-corrected chi connectivity index (χ0v) is 27.2. The second-order valence-electron chi connectivity index (χ2n) is 14.3. The van der Waals surface area contributed by atoms with E-state index in [9.17, 15) is 19.5 Å². The summed E-state index contributed by atoms with van der Waals surface area (Å²) < 4.78 is 0. The number of aliphatic hydroxyl groups is 1. The van der Waals surface area contributed by atoms with Gasteiger partial charge in [-0.05, 0) is 91.6 Å². The maximum absolute atomic E-state index is 13.1. The van der Waals surface area contributed by atoms with Gasteiger partial charge in [-0.1, -0.05) is 84.6 Å². The number of carbonyl (C=O) groups excluding carboxylic acids is 3. The number of Topliss-reactive ketones (excluding diaryl/α,β-unsaturated/α-hetero) is 1. The van der Waals surface area contributed by atoms with Gasteiger partial charge in [0.05, 0.1) is 17.2 Å². The number of rotatable bonds is 5. The number of fused-ring (bicyclic) bond motifs is 6. The largest absolute Gasteiger partial charge is 0.393 e. The molecule has 4 aliphatic carbocycles. The monoisotopic (exact) mass is 577 g/mol. The smallest absolute Gasteiger partial charge is 0.261 e. The Morgan fingerprint density at radius 2 is 1.57 bits per heavy atom. The third kappa shape index (κ3) is 5.92. The van der Waals surface area contributed by atoms with Crippen molar-refractivity contribution in [1.29, 1.82) is 0 Å². The number of hydrogen-bond acceptors (Lipinski definition) is 4. The first-order valence-electron chi connectivity index (χ1n) is 16.8. The van der Waals surface area contributed by atoms with Crippen LogP contribution in [0, 0.1) is 40.4 Å². The zero-order valence-electron chi connectivity index (χ0n) is 27.2. The summed E-state index contributed by atoms with van der Waals surface area (Å²) in [6, 6.07) is 6.84. The molecule has 5 aliphatic rings. The van der Waals surface area contributed by atoms with Crippen LogP contribution in [-0.4, -0.2) is 40.8 Å². The molecule has 0 spiro atoms. The molecule has 1 heterocycles. The molecule has 1 aliphatic heterocycles. The van der Waals surface area contributed by atoms with Crippen LogP contribution >= 0.6 is 0 Å². The van der Waals surface area contributed by atoms with E-state index in [2.05, 4.69) is 33.8 Å². The summed E-state index contributed by atoms with van der Waals surface area (Å²) in [5, 5.41) is 10.2. The van der Waals surface area contributed by atoms with E-state index in [0.717, 1.165) is 55.3 Å². The van der Waals surface area contributed by atoms with Crippen LogP contribution in [-0.2, 0) is 4.79 Å². The van der Waals surface area contributed by atoms with Crippen molar-refractivity contribution in [3.8, 4) is 0 Å². The number of nitrogens with zero attached hydrogens (tertiary/aromatic N) is 1. The highest BCUT2D eigenvalue weighted by atomic mass is 16.3. The van der Waals surface area contributed by atoms with Crippen molar-refractivity contribution < 1.29 is 19.5 Å². The first-order chi connectivity index (χ1) is 20.0. The lowest BCUT2D eigenvalue weighted by Crippen LogP contribution is -2.50. The lowest BCUT2D eigenvalue weighted by molar-refractivity contribution is -0.122. The van der Waals surface area contributed by atoms with Crippen LogP contribution in [0.25, 0.3) is 0 Å². The van der Waals surface area contributed by atoms with Crippen molar-refractivity contribution in [3.05, 3.63) is 47.0 Å². The Kier molecular flexibility index (Phi) is 10.2. The molecule has 232 valence electrons. The predicted molar refractivity (Wildman–Crippen MR) is 169 cm³/mol. The fraction of sp³-hybridized carbons (Fsp3) is 0.703. The van der Waals surface area contributed by atoms with Gasteiger partial charge in [0.1, 0.15) is 5.78 Å². The fourth-order valence-electron chi connectivity index (χ4n) is 9.23. The average Bonchev–Trinajstić information content (AvgIpc) is 3.36. The number of carbonyl (C=O) groups is 3. The van der Waals surface area contributed by atoms with E-state index in [1.807, 2.05) is 13.8 Å². The summed E-state index contributed by atoms with van der Waals surface area (Å²) in [5.74, 6) is 3.25. The fourth-order valence-corrected chi connectivity index (χ4v) is 9.23. The van der Waals surface area contributed by atoms with Gasteiger partial charge in [-0.3, -0.25) is 19.3 Å². The van der Waals surface area contributed by atoms with Crippen LogP contribution in [0.15, 0.2) is 35.9 Å². The quantitative estimate of drug-likeness (QED) is 0.217. The van der Waals surface area contributed by atoms with Gasteiger partial charge in [0.2, 0.25) is 0 Å². The maximum atomic E-state index is 13.1. The number of unbranched alkanes of at least 4 members (excludes halogenated alkanes) is 1. The minimum atomic E-state index is -0.212. The second kappa shape index (κ2) is 13.2. The molecular formula is C37H55NO4. The van der Waals surface area contributed by atoms with Gasteiger partial charge in [0, 0.05) is 19.4 Å². The van der Waals surface area contributed by atoms with Crippen molar-refractivity contribution in [2.24, 2.45) is 40.4 Å². The predicted octanol–water partition coefficient (Wildman–Crippen LogP) is 8.26. The van der Waals surface area contributed by atoms with Crippen molar-refractivity contribution >= 4 is 17.6 Å². The molecule has 2 amide bonds. The lowest BCUT2D eigenvalue weighted by Gasteiger charge is -2.57.